The van der Waals surface area contributed by atoms with Gasteiger partial charge < -0.3 is 5.11 Å². The van der Waals surface area contributed by atoms with E-state index >= 15 is 0 Å². The highest BCUT2D eigenvalue weighted by Gasteiger charge is 1.91. The summed E-state index contributed by atoms with van der Waals surface area (Å²) in [7, 11) is 0. The van der Waals surface area contributed by atoms with Crippen LogP contribution >= 0.6 is 11.6 Å². The fourth-order valence-corrected chi connectivity index (χ4v) is 1.49. The maximum Gasteiger partial charge on any atom is 0.115 e. The first kappa shape index (κ1) is 11.5. The Balaban J connectivity index is 2.00. The Kier molecular flexibility index (Phi) is 3.62. The molecule has 0 aliphatic rings. The Labute approximate surface area is 104 Å². The van der Waals surface area contributed by atoms with E-state index in [1.54, 1.807) is 42.6 Å². The molecule has 0 heterocycles. The van der Waals surface area contributed by atoms with Crippen molar-refractivity contribution in [3.8, 4) is 5.75 Å². The lowest BCUT2D eigenvalue weighted by Gasteiger charge is -2.00. The summed E-state index contributed by atoms with van der Waals surface area (Å²) >= 11 is 5.84. The molecule has 0 radical (unpaired) electrons. The van der Waals surface area contributed by atoms with Gasteiger partial charge in [-0.25, -0.2) is 0 Å². The van der Waals surface area contributed by atoms with E-state index in [4.69, 9.17) is 16.7 Å². The summed E-state index contributed by atoms with van der Waals surface area (Å²) in [5, 5.41) is 13.8. The van der Waals surface area contributed by atoms with Gasteiger partial charge in [0.15, 0.2) is 0 Å². The number of hydrazone groups is 1. The third-order valence-electron chi connectivity index (χ3n) is 2.12. The van der Waals surface area contributed by atoms with Gasteiger partial charge in [-0.1, -0.05) is 17.7 Å². The molecule has 0 saturated carbocycles. The number of phenols is 1. The first-order chi connectivity index (χ1) is 8.24. The number of hydrogen-bond acceptors (Lipinski definition) is 3. The van der Waals surface area contributed by atoms with Gasteiger partial charge in [0, 0.05) is 5.02 Å². The molecule has 0 aliphatic carbocycles. The number of phenolic OH excluding ortho intramolecular Hbond substituents is 1. The highest BCUT2D eigenvalue weighted by Crippen LogP contribution is 2.14. The smallest absolute Gasteiger partial charge is 0.115 e. The minimum atomic E-state index is 0.241. The highest BCUT2D eigenvalue weighted by molar-refractivity contribution is 6.30. The molecular weight excluding hydrogens is 236 g/mol. The second-order valence-corrected chi connectivity index (χ2v) is 3.91. The highest BCUT2D eigenvalue weighted by atomic mass is 35.5. The predicted molar refractivity (Wildman–Crippen MR) is 70.8 cm³/mol. The molecule has 2 rings (SSSR count). The van der Waals surface area contributed by atoms with Gasteiger partial charge in [0.2, 0.25) is 0 Å². The lowest BCUT2D eigenvalue weighted by Crippen LogP contribution is -1.90. The van der Waals surface area contributed by atoms with Gasteiger partial charge in [-0.05, 0) is 48.0 Å². The fourth-order valence-electron chi connectivity index (χ4n) is 1.30. The molecule has 0 aromatic heterocycles. The van der Waals surface area contributed by atoms with Crippen molar-refractivity contribution < 1.29 is 5.11 Å². The van der Waals surface area contributed by atoms with Crippen LogP contribution in [0.1, 0.15) is 5.56 Å². The average molecular weight is 247 g/mol. The van der Waals surface area contributed by atoms with E-state index in [-0.39, 0.29) is 5.75 Å². The van der Waals surface area contributed by atoms with Crippen molar-refractivity contribution in [2.45, 2.75) is 0 Å². The normalized spacial score (nSPS) is 10.6. The van der Waals surface area contributed by atoms with Crippen LogP contribution in [0.5, 0.6) is 5.75 Å². The minimum Gasteiger partial charge on any atom is -0.508 e. The number of nitrogens with zero attached hydrogens (tertiary/aromatic N) is 1. The summed E-state index contributed by atoms with van der Waals surface area (Å²) in [6.07, 6.45) is 1.67. The molecule has 86 valence electrons. The number of benzene rings is 2. The molecule has 2 N–H and O–H groups in total. The van der Waals surface area contributed by atoms with E-state index in [1.807, 2.05) is 12.1 Å². The maximum atomic E-state index is 9.12. The van der Waals surface area contributed by atoms with Crippen LogP contribution in [0.4, 0.5) is 5.69 Å². The first-order valence-electron chi connectivity index (χ1n) is 5.08. The average Bonchev–Trinajstić information content (AvgIpc) is 2.32. The van der Waals surface area contributed by atoms with Gasteiger partial charge in [-0.2, -0.15) is 5.10 Å². The Morgan fingerprint density at radius 2 is 1.88 bits per heavy atom. The van der Waals surface area contributed by atoms with Gasteiger partial charge in [-0.15, -0.1) is 0 Å². The van der Waals surface area contributed by atoms with Crippen LogP contribution in [-0.2, 0) is 0 Å². The first-order valence-corrected chi connectivity index (χ1v) is 5.45. The molecular formula is C13H11ClN2O. The molecule has 0 atom stereocenters. The van der Waals surface area contributed by atoms with Crippen LogP contribution in [0.15, 0.2) is 53.6 Å². The molecule has 0 amide bonds. The van der Waals surface area contributed by atoms with Gasteiger partial charge in [0.25, 0.3) is 0 Å². The Morgan fingerprint density at radius 1 is 1.12 bits per heavy atom. The van der Waals surface area contributed by atoms with Crippen LogP contribution in [-0.4, -0.2) is 11.3 Å². The zero-order valence-electron chi connectivity index (χ0n) is 8.97. The van der Waals surface area contributed by atoms with E-state index in [1.165, 1.54) is 0 Å². The quantitative estimate of drug-likeness (QED) is 0.643. The molecule has 2 aromatic rings. The van der Waals surface area contributed by atoms with Gasteiger partial charge in [0.1, 0.15) is 5.75 Å². The lowest BCUT2D eigenvalue weighted by molar-refractivity contribution is 0.475. The van der Waals surface area contributed by atoms with Gasteiger partial charge >= 0.3 is 0 Å². The lowest BCUT2D eigenvalue weighted by atomic mass is 10.2. The number of aromatic hydroxyl groups is 1. The van der Waals surface area contributed by atoms with Crippen molar-refractivity contribution in [2.24, 2.45) is 5.10 Å². The second-order valence-electron chi connectivity index (χ2n) is 3.47. The van der Waals surface area contributed by atoms with Crippen molar-refractivity contribution in [1.29, 1.82) is 0 Å². The van der Waals surface area contributed by atoms with E-state index in [0.717, 1.165) is 11.3 Å². The maximum absolute atomic E-state index is 9.12. The molecule has 0 unspecified atom stereocenters. The number of hydrogen-bond donors (Lipinski definition) is 2. The largest absolute Gasteiger partial charge is 0.508 e. The number of nitrogens with one attached hydrogen (secondary N) is 1. The summed E-state index contributed by atoms with van der Waals surface area (Å²) in [4.78, 5) is 0. The predicted octanol–water partition coefficient (Wildman–Crippen LogP) is 3.49. The molecule has 0 aliphatic heterocycles. The summed E-state index contributed by atoms with van der Waals surface area (Å²) < 4.78 is 0. The van der Waals surface area contributed by atoms with Crippen molar-refractivity contribution in [2.75, 3.05) is 5.43 Å². The second kappa shape index (κ2) is 5.37. The number of anilines is 1. The summed E-state index contributed by atoms with van der Waals surface area (Å²) in [6, 6.07) is 14.1. The molecule has 0 saturated heterocycles. The SMILES string of the molecule is Oc1ccc(/C=N/Nc2cccc(Cl)c2)cc1. The van der Waals surface area contributed by atoms with Crippen molar-refractivity contribution in [1.82, 2.24) is 0 Å². The van der Waals surface area contributed by atoms with Crippen LogP contribution in [0.2, 0.25) is 5.02 Å². The van der Waals surface area contributed by atoms with E-state index in [0.29, 0.717) is 5.02 Å². The zero-order chi connectivity index (χ0) is 12.1. The Hall–Kier alpha value is -2.00. The van der Waals surface area contributed by atoms with E-state index in [9.17, 15) is 0 Å². The minimum absolute atomic E-state index is 0.241. The van der Waals surface area contributed by atoms with Gasteiger partial charge in [-0.3, -0.25) is 5.43 Å². The monoisotopic (exact) mass is 246 g/mol. The third-order valence-corrected chi connectivity index (χ3v) is 2.36. The van der Waals surface area contributed by atoms with Crippen LogP contribution in [0.25, 0.3) is 0 Å². The summed E-state index contributed by atoms with van der Waals surface area (Å²) in [5.74, 6) is 0.241. The molecule has 0 spiro atoms. The summed E-state index contributed by atoms with van der Waals surface area (Å²) in [6.45, 7) is 0. The van der Waals surface area contributed by atoms with Crippen molar-refractivity contribution >= 4 is 23.5 Å². The van der Waals surface area contributed by atoms with Gasteiger partial charge in [0.05, 0.1) is 11.9 Å². The molecule has 2 aromatic carbocycles. The standard InChI is InChI=1S/C13H11ClN2O/c14-11-2-1-3-12(8-11)16-15-9-10-4-6-13(17)7-5-10/h1-9,16-17H/b15-9+. The van der Waals surface area contributed by atoms with Crippen molar-refractivity contribution in [3.05, 3.63) is 59.1 Å². The molecule has 0 bridgehead atoms. The third kappa shape index (κ3) is 3.50. The summed E-state index contributed by atoms with van der Waals surface area (Å²) in [5.41, 5.74) is 4.60. The Morgan fingerprint density at radius 3 is 2.59 bits per heavy atom. The molecule has 17 heavy (non-hydrogen) atoms. The van der Waals surface area contributed by atoms with Crippen LogP contribution < -0.4 is 5.43 Å². The van der Waals surface area contributed by atoms with E-state index in [2.05, 4.69) is 10.5 Å². The Bertz CT molecular complexity index is 523. The van der Waals surface area contributed by atoms with Crippen molar-refractivity contribution in [3.63, 3.8) is 0 Å². The molecule has 0 fully saturated rings. The molecule has 3 nitrogen and oxygen atoms in total. The van der Waals surface area contributed by atoms with Crippen LogP contribution in [0.3, 0.4) is 0 Å². The number of rotatable bonds is 3. The zero-order valence-corrected chi connectivity index (χ0v) is 9.72. The van der Waals surface area contributed by atoms with Crippen LogP contribution in [0, 0.1) is 0 Å². The number of halogens is 1. The fraction of sp³-hybridized carbons (Fsp3) is 0. The van der Waals surface area contributed by atoms with E-state index < -0.39 is 0 Å². The topological polar surface area (TPSA) is 44.6 Å². The molecule has 4 heteroatoms.